The fourth-order valence-corrected chi connectivity index (χ4v) is 8.21. The van der Waals surface area contributed by atoms with Gasteiger partial charge in [0.15, 0.2) is 0 Å². The highest BCUT2D eigenvalue weighted by Gasteiger charge is 2.17. The smallest absolute Gasteiger partial charge is 0.0250 e. The monoisotopic (exact) mass is 344 g/mol. The molecule has 2 aliphatic carbocycles. The van der Waals surface area contributed by atoms with E-state index in [-0.39, 0.29) is 0 Å². The van der Waals surface area contributed by atoms with Gasteiger partial charge in [-0.25, -0.2) is 0 Å². The van der Waals surface area contributed by atoms with Gasteiger partial charge in [-0.2, -0.15) is 0 Å². The molecule has 0 aromatic rings. The lowest BCUT2D eigenvalue weighted by Gasteiger charge is -2.23. The van der Waals surface area contributed by atoms with E-state index >= 15 is 0 Å². The third-order valence-corrected chi connectivity index (χ3v) is 9.13. The quantitative estimate of drug-likeness (QED) is 0.363. The lowest BCUT2D eigenvalue weighted by atomic mass is 9.94. The Hall–Kier alpha value is 0.880. The van der Waals surface area contributed by atoms with E-state index < -0.39 is 0 Å². The SMILES string of the molecule is C1CCC2=C(C1)CSSCC1=C(CCCC1)CSSC2. The third-order valence-electron chi connectivity index (χ3n) is 4.51. The Morgan fingerprint density at radius 1 is 0.400 bits per heavy atom. The summed E-state index contributed by atoms with van der Waals surface area (Å²) < 4.78 is 0. The van der Waals surface area contributed by atoms with E-state index in [0.717, 1.165) is 0 Å². The molecule has 1 heterocycles. The van der Waals surface area contributed by atoms with Crippen LogP contribution in [0.5, 0.6) is 0 Å². The molecular weight excluding hydrogens is 320 g/mol. The lowest BCUT2D eigenvalue weighted by Crippen LogP contribution is -2.06. The highest BCUT2D eigenvalue weighted by molar-refractivity contribution is 8.77. The first-order chi connectivity index (χ1) is 9.93. The summed E-state index contributed by atoms with van der Waals surface area (Å²) in [6.45, 7) is 0. The molecule has 3 rings (SSSR count). The highest BCUT2D eigenvalue weighted by atomic mass is 33.1. The molecule has 0 unspecified atom stereocenters. The topological polar surface area (TPSA) is 0 Å². The minimum atomic E-state index is 1.29. The maximum absolute atomic E-state index is 2.12. The van der Waals surface area contributed by atoms with Gasteiger partial charge in [0, 0.05) is 23.0 Å². The van der Waals surface area contributed by atoms with Crippen molar-refractivity contribution in [2.24, 2.45) is 0 Å². The minimum absolute atomic E-state index is 1.29. The maximum atomic E-state index is 2.12. The summed E-state index contributed by atoms with van der Waals surface area (Å²) in [6, 6.07) is 0. The molecule has 0 fully saturated rings. The van der Waals surface area contributed by atoms with E-state index in [2.05, 4.69) is 43.2 Å². The molecule has 4 heteroatoms. The molecule has 0 bridgehead atoms. The van der Waals surface area contributed by atoms with Crippen molar-refractivity contribution in [3.8, 4) is 0 Å². The predicted octanol–water partition coefficient (Wildman–Crippen LogP) is 6.50. The molecule has 0 nitrogen and oxygen atoms in total. The van der Waals surface area contributed by atoms with Crippen LogP contribution in [0.2, 0.25) is 0 Å². The Morgan fingerprint density at radius 2 is 0.650 bits per heavy atom. The van der Waals surface area contributed by atoms with Crippen molar-refractivity contribution in [1.29, 1.82) is 0 Å². The van der Waals surface area contributed by atoms with Crippen LogP contribution in [-0.2, 0) is 0 Å². The van der Waals surface area contributed by atoms with Gasteiger partial charge in [0.05, 0.1) is 0 Å². The van der Waals surface area contributed by atoms with Crippen LogP contribution in [0.1, 0.15) is 51.4 Å². The van der Waals surface area contributed by atoms with Crippen molar-refractivity contribution in [2.75, 3.05) is 23.0 Å². The Labute approximate surface area is 139 Å². The molecule has 0 atom stereocenters. The molecule has 3 aliphatic rings. The van der Waals surface area contributed by atoms with Crippen LogP contribution >= 0.6 is 43.2 Å². The van der Waals surface area contributed by atoms with Crippen molar-refractivity contribution in [2.45, 2.75) is 51.4 Å². The Balaban J connectivity index is 1.65. The van der Waals surface area contributed by atoms with Gasteiger partial charge >= 0.3 is 0 Å². The summed E-state index contributed by atoms with van der Waals surface area (Å²) >= 11 is 0. The van der Waals surface area contributed by atoms with Crippen molar-refractivity contribution in [3.05, 3.63) is 22.3 Å². The molecule has 0 spiro atoms. The average molecular weight is 345 g/mol. The van der Waals surface area contributed by atoms with E-state index in [1.165, 1.54) is 74.4 Å². The molecule has 20 heavy (non-hydrogen) atoms. The first-order valence-corrected chi connectivity index (χ1v) is 12.8. The molecule has 0 amide bonds. The fraction of sp³-hybridized carbons (Fsp3) is 0.750. The number of rotatable bonds is 0. The van der Waals surface area contributed by atoms with Gasteiger partial charge in [-0.3, -0.25) is 0 Å². The third kappa shape index (κ3) is 4.44. The average Bonchev–Trinajstić information content (AvgIpc) is 2.49. The van der Waals surface area contributed by atoms with Crippen LogP contribution in [0.3, 0.4) is 0 Å². The van der Waals surface area contributed by atoms with Gasteiger partial charge in [-0.05, 0) is 51.4 Å². The molecule has 112 valence electrons. The second-order valence-corrected chi connectivity index (χ2v) is 10.8. The van der Waals surface area contributed by atoms with Crippen molar-refractivity contribution >= 4 is 43.2 Å². The van der Waals surface area contributed by atoms with Gasteiger partial charge in [0.1, 0.15) is 0 Å². The van der Waals surface area contributed by atoms with Gasteiger partial charge in [0.2, 0.25) is 0 Å². The Kier molecular flexibility index (Phi) is 6.70. The van der Waals surface area contributed by atoms with E-state index in [4.69, 9.17) is 0 Å². The van der Waals surface area contributed by atoms with Crippen molar-refractivity contribution in [3.63, 3.8) is 0 Å². The van der Waals surface area contributed by atoms with E-state index in [1.807, 2.05) is 0 Å². The minimum Gasteiger partial charge on any atom is -0.0894 e. The zero-order valence-corrected chi connectivity index (χ0v) is 15.4. The molecular formula is C16H24S4. The summed E-state index contributed by atoms with van der Waals surface area (Å²) in [6.07, 6.45) is 11.2. The first-order valence-electron chi connectivity index (χ1n) is 7.82. The number of hydrogen-bond donors (Lipinski definition) is 0. The summed E-state index contributed by atoms with van der Waals surface area (Å²) in [5.74, 6) is 5.14. The van der Waals surface area contributed by atoms with Gasteiger partial charge < -0.3 is 0 Å². The highest BCUT2D eigenvalue weighted by Crippen LogP contribution is 2.40. The van der Waals surface area contributed by atoms with Crippen LogP contribution in [-0.4, -0.2) is 23.0 Å². The predicted molar refractivity (Wildman–Crippen MR) is 101 cm³/mol. The van der Waals surface area contributed by atoms with E-state index in [0.29, 0.717) is 0 Å². The lowest BCUT2D eigenvalue weighted by molar-refractivity contribution is 0.675. The molecule has 1 aliphatic heterocycles. The molecule has 0 radical (unpaired) electrons. The summed E-state index contributed by atoms with van der Waals surface area (Å²) in [4.78, 5) is 0. The largest absolute Gasteiger partial charge is 0.0894 e. The molecule has 0 saturated carbocycles. The van der Waals surface area contributed by atoms with Gasteiger partial charge in [0.25, 0.3) is 0 Å². The van der Waals surface area contributed by atoms with Crippen LogP contribution in [0.25, 0.3) is 0 Å². The van der Waals surface area contributed by atoms with Gasteiger partial charge in [-0.1, -0.05) is 65.5 Å². The van der Waals surface area contributed by atoms with E-state index in [9.17, 15) is 0 Å². The second kappa shape index (κ2) is 8.50. The maximum Gasteiger partial charge on any atom is 0.0250 e. The standard InChI is InChI=1S/C16H24S4/c1-2-6-14-10-18-20-12-16-8-4-3-7-15(16)11-19-17-9-13(14)5-1/h1-12H2. The normalized spacial score (nSPS) is 26.4. The summed E-state index contributed by atoms with van der Waals surface area (Å²) in [5.41, 5.74) is 7.17. The summed E-state index contributed by atoms with van der Waals surface area (Å²) in [5, 5.41) is 0. The van der Waals surface area contributed by atoms with Crippen LogP contribution in [0, 0.1) is 0 Å². The van der Waals surface area contributed by atoms with Crippen LogP contribution in [0.15, 0.2) is 22.3 Å². The summed E-state index contributed by atoms with van der Waals surface area (Å²) in [7, 11) is 8.47. The molecule has 0 aromatic heterocycles. The van der Waals surface area contributed by atoms with E-state index in [1.54, 1.807) is 22.3 Å². The van der Waals surface area contributed by atoms with Crippen molar-refractivity contribution < 1.29 is 0 Å². The van der Waals surface area contributed by atoms with Crippen LogP contribution < -0.4 is 0 Å². The molecule has 0 saturated heterocycles. The molecule has 0 aromatic carbocycles. The fourth-order valence-electron chi connectivity index (χ4n) is 3.21. The zero-order chi connectivity index (χ0) is 13.6. The Bertz CT molecular complexity index is 323. The molecule has 0 N–H and O–H groups in total. The van der Waals surface area contributed by atoms with Gasteiger partial charge in [-0.15, -0.1) is 0 Å². The second-order valence-electron chi connectivity index (χ2n) is 5.88. The zero-order valence-electron chi connectivity index (χ0n) is 12.1. The van der Waals surface area contributed by atoms with Crippen LogP contribution in [0.4, 0.5) is 0 Å². The van der Waals surface area contributed by atoms with Crippen molar-refractivity contribution in [1.82, 2.24) is 0 Å². The number of hydrogen-bond acceptors (Lipinski definition) is 4. The first kappa shape index (κ1) is 15.8. The Morgan fingerprint density at radius 3 is 0.900 bits per heavy atom.